The maximum Gasteiger partial charge on any atom is 0.0897 e. The van der Waals surface area contributed by atoms with Gasteiger partial charge in [0.15, 0.2) is 0 Å². The highest BCUT2D eigenvalue weighted by molar-refractivity contribution is 5.58. The zero-order valence-electron chi connectivity index (χ0n) is 17.2. The van der Waals surface area contributed by atoms with Crippen molar-refractivity contribution in [2.24, 2.45) is 11.8 Å². The van der Waals surface area contributed by atoms with Crippen LogP contribution >= 0.6 is 0 Å². The molecular formula is C24H34N2O. The van der Waals surface area contributed by atoms with Gasteiger partial charge in [-0.2, -0.15) is 0 Å². The third-order valence-electron chi connectivity index (χ3n) is 6.46. The van der Waals surface area contributed by atoms with Gasteiger partial charge in [0.1, 0.15) is 0 Å². The molecule has 3 aliphatic rings. The molecular weight excluding hydrogens is 332 g/mol. The van der Waals surface area contributed by atoms with Crippen LogP contribution in [0.5, 0.6) is 0 Å². The van der Waals surface area contributed by atoms with E-state index in [9.17, 15) is 0 Å². The van der Waals surface area contributed by atoms with Crippen LogP contribution in [0.3, 0.4) is 0 Å². The standard InChI is InChI=1S/C24H34N2O/c1-24(2,3)17-10-13-21-20(14-17)23-19(12-11-18(27-23)15-25-4)22(26-21)16-8-6-5-7-9-16/h5-8,10,13-14,16,18-19,22-23,25-26H,9,11-12,15H2,1-4H3/t16?,18-,19+,22+,23+/m1/s1. The van der Waals surface area contributed by atoms with Crippen LogP contribution in [0.1, 0.15) is 57.3 Å². The third-order valence-corrected chi connectivity index (χ3v) is 6.46. The van der Waals surface area contributed by atoms with Crippen molar-refractivity contribution < 1.29 is 4.74 Å². The van der Waals surface area contributed by atoms with Crippen molar-refractivity contribution >= 4 is 5.69 Å². The Morgan fingerprint density at radius 3 is 2.74 bits per heavy atom. The lowest BCUT2D eigenvalue weighted by Gasteiger charge is -2.48. The van der Waals surface area contributed by atoms with Gasteiger partial charge in [-0.15, -0.1) is 0 Å². The van der Waals surface area contributed by atoms with Crippen molar-refractivity contribution in [3.05, 3.63) is 53.6 Å². The molecule has 0 bridgehead atoms. The first-order valence-electron chi connectivity index (χ1n) is 10.5. The van der Waals surface area contributed by atoms with E-state index in [2.05, 4.69) is 73.9 Å². The van der Waals surface area contributed by atoms with Crippen molar-refractivity contribution in [2.75, 3.05) is 18.9 Å². The summed E-state index contributed by atoms with van der Waals surface area (Å²) in [5.41, 5.74) is 4.17. The van der Waals surface area contributed by atoms with Gasteiger partial charge in [-0.1, -0.05) is 57.2 Å². The number of hydrogen-bond acceptors (Lipinski definition) is 3. The summed E-state index contributed by atoms with van der Waals surface area (Å²) in [7, 11) is 2.02. The van der Waals surface area contributed by atoms with Crippen molar-refractivity contribution in [3.8, 4) is 0 Å². The predicted molar refractivity (Wildman–Crippen MR) is 113 cm³/mol. The fourth-order valence-electron chi connectivity index (χ4n) is 4.93. The highest BCUT2D eigenvalue weighted by Gasteiger charge is 2.44. The maximum atomic E-state index is 6.70. The molecule has 1 saturated heterocycles. The summed E-state index contributed by atoms with van der Waals surface area (Å²) in [5, 5.41) is 7.22. The summed E-state index contributed by atoms with van der Waals surface area (Å²) in [4.78, 5) is 0. The molecule has 3 heteroatoms. The van der Waals surface area contributed by atoms with Gasteiger partial charge in [0.2, 0.25) is 0 Å². The van der Waals surface area contributed by atoms with Crippen molar-refractivity contribution in [3.63, 3.8) is 0 Å². The monoisotopic (exact) mass is 366 g/mol. The minimum Gasteiger partial charge on any atom is -0.381 e. The molecule has 5 atom stereocenters. The lowest BCUT2D eigenvalue weighted by molar-refractivity contribution is -0.0934. The van der Waals surface area contributed by atoms with Gasteiger partial charge in [0, 0.05) is 35.7 Å². The number of likely N-dealkylation sites (N-methyl/N-ethyl adjacent to an activating group) is 1. The molecule has 2 aliphatic heterocycles. The zero-order chi connectivity index (χ0) is 19.0. The number of nitrogens with one attached hydrogen (secondary N) is 2. The van der Waals surface area contributed by atoms with Gasteiger partial charge in [0.05, 0.1) is 12.2 Å². The third kappa shape index (κ3) is 3.72. The average molecular weight is 367 g/mol. The lowest BCUT2D eigenvalue weighted by Crippen LogP contribution is -2.48. The Balaban J connectivity index is 1.70. The van der Waals surface area contributed by atoms with E-state index in [1.54, 1.807) is 0 Å². The van der Waals surface area contributed by atoms with E-state index >= 15 is 0 Å². The molecule has 0 amide bonds. The van der Waals surface area contributed by atoms with E-state index in [4.69, 9.17) is 4.74 Å². The van der Waals surface area contributed by atoms with Gasteiger partial charge >= 0.3 is 0 Å². The maximum absolute atomic E-state index is 6.70. The normalized spacial score (nSPS) is 32.5. The predicted octanol–water partition coefficient (Wildman–Crippen LogP) is 4.97. The first kappa shape index (κ1) is 18.8. The molecule has 1 aromatic carbocycles. The molecule has 1 fully saturated rings. The van der Waals surface area contributed by atoms with Crippen LogP contribution in [0.25, 0.3) is 0 Å². The smallest absolute Gasteiger partial charge is 0.0897 e. The Labute approximate surface area is 164 Å². The number of anilines is 1. The van der Waals surface area contributed by atoms with Crippen LogP contribution in [-0.2, 0) is 10.2 Å². The molecule has 2 N–H and O–H groups in total. The van der Waals surface area contributed by atoms with Gasteiger partial charge < -0.3 is 15.4 Å². The second-order valence-electron chi connectivity index (χ2n) is 9.41. The Morgan fingerprint density at radius 1 is 1.19 bits per heavy atom. The molecule has 0 aromatic heterocycles. The molecule has 0 spiro atoms. The number of hydrogen-bond donors (Lipinski definition) is 2. The quantitative estimate of drug-likeness (QED) is 0.793. The molecule has 1 unspecified atom stereocenters. The van der Waals surface area contributed by atoms with E-state index in [0.717, 1.165) is 19.4 Å². The summed E-state index contributed by atoms with van der Waals surface area (Å²) in [6, 6.07) is 7.41. The Morgan fingerprint density at radius 2 is 2.04 bits per heavy atom. The first-order valence-corrected chi connectivity index (χ1v) is 10.5. The van der Waals surface area contributed by atoms with Crippen LogP contribution in [-0.4, -0.2) is 25.7 Å². The van der Waals surface area contributed by atoms with E-state index in [1.165, 1.54) is 23.2 Å². The molecule has 0 saturated carbocycles. The summed E-state index contributed by atoms with van der Waals surface area (Å²) in [5.74, 6) is 1.07. The molecule has 1 aromatic rings. The number of rotatable bonds is 3. The number of ether oxygens (including phenoxy) is 1. The topological polar surface area (TPSA) is 33.3 Å². The second kappa shape index (κ2) is 7.44. The fraction of sp³-hybridized carbons (Fsp3) is 0.583. The fourth-order valence-corrected chi connectivity index (χ4v) is 4.93. The largest absolute Gasteiger partial charge is 0.381 e. The number of benzene rings is 1. The zero-order valence-corrected chi connectivity index (χ0v) is 17.2. The Hall–Kier alpha value is -1.58. The van der Waals surface area contributed by atoms with Crippen LogP contribution in [0.15, 0.2) is 42.5 Å². The van der Waals surface area contributed by atoms with E-state index in [0.29, 0.717) is 24.0 Å². The molecule has 1 aliphatic carbocycles. The van der Waals surface area contributed by atoms with Crippen LogP contribution in [0.4, 0.5) is 5.69 Å². The van der Waals surface area contributed by atoms with Crippen molar-refractivity contribution in [1.82, 2.24) is 5.32 Å². The molecule has 2 heterocycles. The first-order chi connectivity index (χ1) is 13.0. The lowest BCUT2D eigenvalue weighted by atomic mass is 9.72. The summed E-state index contributed by atoms with van der Waals surface area (Å²) >= 11 is 0. The molecule has 3 nitrogen and oxygen atoms in total. The Kier molecular flexibility index (Phi) is 5.17. The summed E-state index contributed by atoms with van der Waals surface area (Å²) < 4.78 is 6.70. The van der Waals surface area contributed by atoms with Gasteiger partial charge in [-0.3, -0.25) is 0 Å². The minimum absolute atomic E-state index is 0.150. The van der Waals surface area contributed by atoms with Gasteiger partial charge in [0.25, 0.3) is 0 Å². The van der Waals surface area contributed by atoms with Crippen LogP contribution < -0.4 is 10.6 Å². The molecule has 0 radical (unpaired) electrons. The second-order valence-corrected chi connectivity index (χ2v) is 9.41. The summed E-state index contributed by atoms with van der Waals surface area (Å²) in [6.07, 6.45) is 13.0. The highest BCUT2D eigenvalue weighted by Crippen LogP contribution is 2.48. The summed E-state index contributed by atoms with van der Waals surface area (Å²) in [6.45, 7) is 7.80. The van der Waals surface area contributed by atoms with E-state index in [-0.39, 0.29) is 11.5 Å². The SMILES string of the molecule is CNC[C@H]1CC[C@@H]2[C@H](O1)c1cc(C(C)(C)C)ccc1N[C@H]2C1C=CC=CC1. The van der Waals surface area contributed by atoms with Gasteiger partial charge in [-0.25, -0.2) is 0 Å². The minimum atomic E-state index is 0.150. The number of allylic oxidation sites excluding steroid dienone is 3. The highest BCUT2D eigenvalue weighted by atomic mass is 16.5. The molecule has 146 valence electrons. The van der Waals surface area contributed by atoms with Crippen LogP contribution in [0.2, 0.25) is 0 Å². The Bertz CT molecular complexity index is 730. The number of fused-ring (bicyclic) bond motifs is 3. The van der Waals surface area contributed by atoms with Crippen LogP contribution in [0, 0.1) is 11.8 Å². The molecule has 4 rings (SSSR count). The van der Waals surface area contributed by atoms with Gasteiger partial charge in [-0.05, 0) is 43.4 Å². The average Bonchev–Trinajstić information content (AvgIpc) is 2.67. The van der Waals surface area contributed by atoms with E-state index < -0.39 is 0 Å². The van der Waals surface area contributed by atoms with Crippen molar-refractivity contribution in [1.29, 1.82) is 0 Å². The van der Waals surface area contributed by atoms with E-state index in [1.807, 2.05) is 7.05 Å². The van der Waals surface area contributed by atoms with Crippen molar-refractivity contribution in [2.45, 2.75) is 63.7 Å². The molecule has 27 heavy (non-hydrogen) atoms.